The summed E-state index contributed by atoms with van der Waals surface area (Å²) in [6, 6.07) is 11.0. The highest BCUT2D eigenvalue weighted by Crippen LogP contribution is 2.38. The van der Waals surface area contributed by atoms with Crippen molar-refractivity contribution >= 4 is 27.3 Å². The third kappa shape index (κ3) is 2.64. The zero-order valence-electron chi connectivity index (χ0n) is 11.0. The second-order valence-corrected chi connectivity index (χ2v) is 7.78. The Morgan fingerprint density at radius 1 is 1.32 bits per heavy atom. The number of rotatable bonds is 3. The van der Waals surface area contributed by atoms with Crippen molar-refractivity contribution in [3.63, 3.8) is 0 Å². The molecule has 0 amide bonds. The van der Waals surface area contributed by atoms with Crippen LogP contribution in [0.2, 0.25) is 0 Å². The summed E-state index contributed by atoms with van der Waals surface area (Å²) in [5.74, 6) is 0.768. The second kappa shape index (κ2) is 5.39. The predicted octanol–water partition coefficient (Wildman–Crippen LogP) is 5.13. The minimum Gasteiger partial charge on any atom is -0.320 e. The highest BCUT2D eigenvalue weighted by atomic mass is 79.9. The van der Waals surface area contributed by atoms with E-state index in [0.29, 0.717) is 0 Å². The van der Waals surface area contributed by atoms with E-state index in [2.05, 4.69) is 53.2 Å². The van der Waals surface area contributed by atoms with E-state index in [1.165, 1.54) is 44.6 Å². The van der Waals surface area contributed by atoms with E-state index in [-0.39, 0.29) is 6.04 Å². The summed E-state index contributed by atoms with van der Waals surface area (Å²) in [4.78, 5) is 1.23. The van der Waals surface area contributed by atoms with Crippen molar-refractivity contribution in [3.05, 3.63) is 55.7 Å². The van der Waals surface area contributed by atoms with Crippen molar-refractivity contribution in [3.8, 4) is 0 Å². The average molecular weight is 336 g/mol. The van der Waals surface area contributed by atoms with Gasteiger partial charge in [0.15, 0.2) is 0 Å². The van der Waals surface area contributed by atoms with Gasteiger partial charge in [-0.1, -0.05) is 30.7 Å². The largest absolute Gasteiger partial charge is 0.320 e. The molecule has 1 nitrogen and oxygen atoms in total. The second-order valence-electron chi connectivity index (χ2n) is 5.38. The quantitative estimate of drug-likeness (QED) is 0.826. The minimum atomic E-state index is -0.00461. The van der Waals surface area contributed by atoms with Crippen LogP contribution in [-0.2, 0) is 0 Å². The lowest BCUT2D eigenvalue weighted by molar-refractivity contribution is 0.419. The molecule has 0 spiro atoms. The summed E-state index contributed by atoms with van der Waals surface area (Å²) in [6.07, 6.45) is 4.04. The van der Waals surface area contributed by atoms with Crippen molar-refractivity contribution in [1.82, 2.24) is 0 Å². The first kappa shape index (κ1) is 13.3. The molecule has 3 rings (SSSR count). The molecule has 1 unspecified atom stereocenters. The average Bonchev–Trinajstić information content (AvgIpc) is 2.67. The molecule has 1 aromatic carbocycles. The van der Waals surface area contributed by atoms with Gasteiger partial charge < -0.3 is 5.73 Å². The first-order valence-corrected chi connectivity index (χ1v) is 8.37. The Morgan fingerprint density at radius 3 is 2.68 bits per heavy atom. The number of benzene rings is 1. The van der Waals surface area contributed by atoms with Crippen LogP contribution in [0, 0.1) is 6.92 Å². The van der Waals surface area contributed by atoms with Gasteiger partial charge in [0.25, 0.3) is 0 Å². The summed E-state index contributed by atoms with van der Waals surface area (Å²) in [5.41, 5.74) is 10.4. The Labute approximate surface area is 127 Å². The minimum absolute atomic E-state index is 0.00461. The standard InChI is InChI=1S/C16H18BrNS/c1-10-8-14(19-16(10)17)15(18)13-7-3-6-12(9-13)11-4-2-5-11/h3,6-9,11,15H,2,4-5,18H2,1H3. The van der Waals surface area contributed by atoms with Crippen molar-refractivity contribution in [2.24, 2.45) is 5.73 Å². The molecular formula is C16H18BrNS. The molecule has 19 heavy (non-hydrogen) atoms. The molecule has 2 N–H and O–H groups in total. The predicted molar refractivity (Wildman–Crippen MR) is 85.8 cm³/mol. The Balaban J connectivity index is 1.88. The molecule has 0 radical (unpaired) electrons. The lowest BCUT2D eigenvalue weighted by atomic mass is 9.79. The van der Waals surface area contributed by atoms with Gasteiger partial charge in [-0.05, 0) is 64.4 Å². The monoisotopic (exact) mass is 335 g/mol. The zero-order valence-corrected chi connectivity index (χ0v) is 13.4. The van der Waals surface area contributed by atoms with Crippen molar-refractivity contribution in [1.29, 1.82) is 0 Å². The maximum Gasteiger partial charge on any atom is 0.0731 e. The van der Waals surface area contributed by atoms with E-state index in [1.807, 2.05) is 0 Å². The summed E-state index contributed by atoms with van der Waals surface area (Å²) >= 11 is 5.32. The molecule has 1 aliphatic rings. The molecule has 1 aliphatic carbocycles. The third-order valence-corrected chi connectivity index (χ3v) is 6.25. The summed E-state index contributed by atoms with van der Waals surface area (Å²) in [5, 5.41) is 0. The highest BCUT2D eigenvalue weighted by molar-refractivity contribution is 9.11. The molecular weight excluding hydrogens is 318 g/mol. The van der Waals surface area contributed by atoms with Crippen molar-refractivity contribution < 1.29 is 0 Å². The number of thiophene rings is 1. The summed E-state index contributed by atoms with van der Waals surface area (Å²) < 4.78 is 1.19. The van der Waals surface area contributed by atoms with Gasteiger partial charge in [-0.3, -0.25) is 0 Å². The van der Waals surface area contributed by atoms with Crippen LogP contribution in [0.4, 0.5) is 0 Å². The van der Waals surface area contributed by atoms with E-state index < -0.39 is 0 Å². The Kier molecular flexibility index (Phi) is 3.79. The maximum absolute atomic E-state index is 6.42. The molecule has 2 aromatic rings. The van der Waals surface area contributed by atoms with Crippen LogP contribution in [0.3, 0.4) is 0 Å². The van der Waals surface area contributed by atoms with Gasteiger partial charge in [0.05, 0.1) is 9.83 Å². The van der Waals surface area contributed by atoms with Gasteiger partial charge in [0.1, 0.15) is 0 Å². The van der Waals surface area contributed by atoms with Crippen LogP contribution in [0.25, 0.3) is 0 Å². The molecule has 100 valence electrons. The third-order valence-electron chi connectivity index (χ3n) is 4.03. The molecule has 0 aliphatic heterocycles. The fraction of sp³-hybridized carbons (Fsp3) is 0.375. The number of hydrogen-bond donors (Lipinski definition) is 1. The fourth-order valence-electron chi connectivity index (χ4n) is 2.55. The normalized spacial score (nSPS) is 17.2. The van der Waals surface area contributed by atoms with Crippen LogP contribution < -0.4 is 5.73 Å². The molecule has 0 bridgehead atoms. The number of nitrogens with two attached hydrogens (primary N) is 1. The Bertz CT molecular complexity index is 567. The van der Waals surface area contributed by atoms with Gasteiger partial charge in [0.2, 0.25) is 0 Å². The molecule has 1 saturated carbocycles. The van der Waals surface area contributed by atoms with Crippen LogP contribution in [0.15, 0.2) is 34.1 Å². The van der Waals surface area contributed by atoms with Gasteiger partial charge in [-0.2, -0.15) is 0 Å². The van der Waals surface area contributed by atoms with Crippen LogP contribution >= 0.6 is 27.3 Å². The first-order valence-electron chi connectivity index (χ1n) is 6.76. The highest BCUT2D eigenvalue weighted by Gasteiger charge is 2.21. The van der Waals surface area contributed by atoms with E-state index in [4.69, 9.17) is 5.73 Å². The summed E-state index contributed by atoms with van der Waals surface area (Å²) in [7, 11) is 0. The van der Waals surface area contributed by atoms with Gasteiger partial charge in [-0.25, -0.2) is 0 Å². The van der Waals surface area contributed by atoms with Crippen LogP contribution in [-0.4, -0.2) is 0 Å². The van der Waals surface area contributed by atoms with E-state index >= 15 is 0 Å². The lowest BCUT2D eigenvalue weighted by Crippen LogP contribution is -2.13. The van der Waals surface area contributed by atoms with Crippen molar-refractivity contribution in [2.75, 3.05) is 0 Å². The Morgan fingerprint density at radius 2 is 2.11 bits per heavy atom. The molecule has 1 aromatic heterocycles. The molecule has 3 heteroatoms. The van der Waals surface area contributed by atoms with E-state index in [9.17, 15) is 0 Å². The molecule has 0 saturated heterocycles. The first-order chi connectivity index (χ1) is 9.15. The number of hydrogen-bond acceptors (Lipinski definition) is 2. The Hall–Kier alpha value is -0.640. The van der Waals surface area contributed by atoms with E-state index in [0.717, 1.165) is 5.92 Å². The fourth-order valence-corrected chi connectivity index (χ4v) is 4.15. The van der Waals surface area contributed by atoms with Crippen LogP contribution in [0.1, 0.15) is 52.8 Å². The summed E-state index contributed by atoms with van der Waals surface area (Å²) in [6.45, 7) is 2.11. The van der Waals surface area contributed by atoms with Gasteiger partial charge in [-0.15, -0.1) is 11.3 Å². The smallest absolute Gasteiger partial charge is 0.0731 e. The van der Waals surface area contributed by atoms with Gasteiger partial charge in [0, 0.05) is 4.88 Å². The van der Waals surface area contributed by atoms with Crippen molar-refractivity contribution in [2.45, 2.75) is 38.1 Å². The lowest BCUT2D eigenvalue weighted by Gasteiger charge is -2.26. The number of aryl methyl sites for hydroxylation is 1. The molecule has 1 atom stereocenters. The maximum atomic E-state index is 6.42. The zero-order chi connectivity index (χ0) is 13.4. The molecule has 1 heterocycles. The topological polar surface area (TPSA) is 26.0 Å². The number of halogens is 1. The van der Waals surface area contributed by atoms with Crippen LogP contribution in [0.5, 0.6) is 0 Å². The van der Waals surface area contributed by atoms with Gasteiger partial charge >= 0.3 is 0 Å². The van der Waals surface area contributed by atoms with E-state index in [1.54, 1.807) is 11.3 Å². The SMILES string of the molecule is Cc1cc(C(N)c2cccc(C3CCC3)c2)sc1Br. The molecule has 1 fully saturated rings.